The Bertz CT molecular complexity index is 1790. The van der Waals surface area contributed by atoms with Gasteiger partial charge in [0, 0.05) is 64.1 Å². The summed E-state index contributed by atoms with van der Waals surface area (Å²) in [5, 5.41) is 11.2. The number of carboxylic acid groups (broad SMARTS) is 1. The summed E-state index contributed by atoms with van der Waals surface area (Å²) in [6, 6.07) is 21.9. The van der Waals surface area contributed by atoms with Gasteiger partial charge in [-0.2, -0.15) is 0 Å². The quantitative estimate of drug-likeness (QED) is 0.159. The summed E-state index contributed by atoms with van der Waals surface area (Å²) < 4.78 is 10.9. The Morgan fingerprint density at radius 2 is 1.46 bits per heavy atom. The van der Waals surface area contributed by atoms with E-state index < -0.39 is 17.5 Å². The van der Waals surface area contributed by atoms with E-state index in [0.29, 0.717) is 69.6 Å². The number of anilines is 2. The van der Waals surface area contributed by atoms with Crippen molar-refractivity contribution in [2.75, 3.05) is 62.2 Å². The largest absolute Gasteiger partial charge is 0.478 e. The van der Waals surface area contributed by atoms with E-state index in [1.54, 1.807) is 43.0 Å². The molecular formula is C38H44N4O9S. The van der Waals surface area contributed by atoms with Crippen LogP contribution in [0.4, 0.5) is 11.4 Å². The Balaban J connectivity index is 0.000000201. The number of rotatable bonds is 10. The minimum Gasteiger partial charge on any atom is -0.478 e. The molecule has 2 aromatic carbocycles. The monoisotopic (exact) mass is 732 g/mol. The first-order chi connectivity index (χ1) is 24.9. The van der Waals surface area contributed by atoms with Crippen LogP contribution in [0.25, 0.3) is 0 Å². The Morgan fingerprint density at radius 1 is 0.788 bits per heavy atom. The molecule has 0 radical (unpaired) electrons. The van der Waals surface area contributed by atoms with Gasteiger partial charge in [0.25, 0.3) is 11.8 Å². The SMILES string of the molecule is CC(C)(Oc1ccccc1N1CCN(C(=O)c2cccs2)CC1)C(=O)O.CC(C)C(=O)OOc1cccc(N2CCN(C(=O)c3ccco3)CC2)c1. The van der Waals surface area contributed by atoms with Crippen LogP contribution in [0, 0.1) is 5.92 Å². The van der Waals surface area contributed by atoms with Crippen molar-refractivity contribution in [2.24, 2.45) is 5.92 Å². The molecule has 276 valence electrons. The summed E-state index contributed by atoms with van der Waals surface area (Å²) in [4.78, 5) is 66.2. The van der Waals surface area contributed by atoms with Crippen LogP contribution in [-0.2, 0) is 14.5 Å². The van der Waals surface area contributed by atoms with Gasteiger partial charge in [0.2, 0.25) is 0 Å². The van der Waals surface area contributed by atoms with Gasteiger partial charge < -0.3 is 33.9 Å². The van der Waals surface area contributed by atoms with Crippen molar-refractivity contribution in [3.63, 3.8) is 0 Å². The molecule has 0 bridgehead atoms. The number of amides is 2. The number of para-hydroxylation sites is 2. The topological polar surface area (TPSA) is 142 Å². The van der Waals surface area contributed by atoms with Crippen LogP contribution in [0.15, 0.2) is 88.9 Å². The predicted octanol–water partition coefficient (Wildman–Crippen LogP) is 5.69. The first-order valence-electron chi connectivity index (χ1n) is 17.1. The zero-order valence-electron chi connectivity index (χ0n) is 29.7. The van der Waals surface area contributed by atoms with Gasteiger partial charge in [-0.3, -0.25) is 19.4 Å². The maximum Gasteiger partial charge on any atom is 0.357 e. The standard InChI is InChI=1S/C19H22N2O5.C19H22N2O4S/c1-14(2)19(23)26-25-16-6-3-5-15(13-16)20-8-10-21(11-9-20)18(22)17-7-4-12-24-17;1-19(2,18(23)24)25-15-7-4-3-6-14(15)20-9-11-21(12-10-20)17(22)16-8-5-13-26-16/h3-7,12-14H,8-11H2,1-2H3;3-8,13H,9-12H2,1-2H3,(H,23,24). The highest BCUT2D eigenvalue weighted by Crippen LogP contribution is 2.32. The van der Waals surface area contributed by atoms with Crippen LogP contribution in [0.1, 0.15) is 47.9 Å². The molecule has 2 aliphatic heterocycles. The number of hydrogen-bond donors (Lipinski definition) is 1. The van der Waals surface area contributed by atoms with E-state index in [4.69, 9.17) is 18.9 Å². The van der Waals surface area contributed by atoms with Crippen molar-refractivity contribution in [1.29, 1.82) is 0 Å². The molecule has 52 heavy (non-hydrogen) atoms. The third-order valence-electron chi connectivity index (χ3n) is 8.56. The molecule has 0 unspecified atom stereocenters. The molecule has 6 rings (SSSR count). The fourth-order valence-corrected chi connectivity index (χ4v) is 6.16. The van der Waals surface area contributed by atoms with Gasteiger partial charge in [-0.05, 0) is 61.7 Å². The van der Waals surface area contributed by atoms with E-state index in [0.717, 1.165) is 16.3 Å². The predicted molar refractivity (Wildman–Crippen MR) is 196 cm³/mol. The van der Waals surface area contributed by atoms with Crippen LogP contribution in [-0.4, -0.2) is 96.6 Å². The van der Waals surface area contributed by atoms with Gasteiger partial charge >= 0.3 is 11.9 Å². The molecule has 1 N–H and O–H groups in total. The number of benzene rings is 2. The van der Waals surface area contributed by atoms with Crippen molar-refractivity contribution < 1.29 is 43.2 Å². The number of ether oxygens (including phenoxy) is 1. The molecule has 14 heteroatoms. The van der Waals surface area contributed by atoms with Crippen molar-refractivity contribution in [1.82, 2.24) is 9.80 Å². The minimum absolute atomic E-state index is 0.0659. The fraction of sp³-hybridized carbons (Fsp3) is 0.368. The van der Waals surface area contributed by atoms with Crippen LogP contribution in [0.3, 0.4) is 0 Å². The van der Waals surface area contributed by atoms with Gasteiger partial charge in [0.1, 0.15) is 5.75 Å². The van der Waals surface area contributed by atoms with Gasteiger partial charge in [-0.15, -0.1) is 11.3 Å². The Labute approximate surface area is 306 Å². The molecule has 2 saturated heterocycles. The fourth-order valence-electron chi connectivity index (χ4n) is 5.47. The zero-order chi connectivity index (χ0) is 37.3. The number of piperazine rings is 2. The normalized spacial score (nSPS) is 14.7. The Morgan fingerprint density at radius 3 is 2.08 bits per heavy atom. The van der Waals surface area contributed by atoms with Gasteiger partial charge in [-0.25, -0.2) is 9.59 Å². The number of furan rings is 1. The van der Waals surface area contributed by atoms with E-state index in [2.05, 4.69) is 9.80 Å². The second kappa shape index (κ2) is 17.1. The van der Waals surface area contributed by atoms with Crippen molar-refractivity contribution in [3.8, 4) is 11.5 Å². The number of thiophene rings is 1. The number of nitrogens with zero attached hydrogens (tertiary/aromatic N) is 4. The third kappa shape index (κ3) is 9.63. The Kier molecular flexibility index (Phi) is 12.4. The molecule has 2 aliphatic rings. The second-order valence-corrected chi connectivity index (χ2v) is 14.0. The molecule has 2 aromatic heterocycles. The average Bonchev–Trinajstić information content (AvgIpc) is 3.90. The molecule has 2 amide bonds. The first kappa shape index (κ1) is 37.7. The zero-order valence-corrected chi connectivity index (χ0v) is 30.5. The number of hydrogen-bond acceptors (Lipinski definition) is 11. The van der Waals surface area contributed by atoms with Crippen molar-refractivity contribution >= 4 is 46.5 Å². The van der Waals surface area contributed by atoms with Gasteiger partial charge in [-0.1, -0.05) is 38.1 Å². The highest BCUT2D eigenvalue weighted by Gasteiger charge is 2.32. The van der Waals surface area contributed by atoms with Gasteiger partial charge in [0.15, 0.2) is 17.1 Å². The summed E-state index contributed by atoms with van der Waals surface area (Å²) in [5.41, 5.74) is 0.491. The number of carboxylic acids is 1. The maximum atomic E-state index is 12.5. The smallest absolute Gasteiger partial charge is 0.357 e. The summed E-state index contributed by atoms with van der Waals surface area (Å²) in [6.45, 7) is 11.7. The molecular weight excluding hydrogens is 689 g/mol. The summed E-state index contributed by atoms with van der Waals surface area (Å²) in [7, 11) is 0. The molecule has 4 aromatic rings. The van der Waals surface area contributed by atoms with E-state index in [1.165, 1.54) is 31.4 Å². The van der Waals surface area contributed by atoms with E-state index in [9.17, 15) is 24.3 Å². The summed E-state index contributed by atoms with van der Waals surface area (Å²) in [6.07, 6.45) is 1.50. The van der Waals surface area contributed by atoms with Crippen LogP contribution >= 0.6 is 11.3 Å². The molecule has 13 nitrogen and oxygen atoms in total. The molecule has 0 aliphatic carbocycles. The molecule has 2 fully saturated rings. The first-order valence-corrected chi connectivity index (χ1v) is 18.0. The molecule has 0 atom stereocenters. The molecule has 4 heterocycles. The van der Waals surface area contributed by atoms with Crippen LogP contribution < -0.4 is 19.4 Å². The lowest BCUT2D eigenvalue weighted by Gasteiger charge is -2.37. The lowest BCUT2D eigenvalue weighted by atomic mass is 10.1. The third-order valence-corrected chi connectivity index (χ3v) is 9.42. The molecule has 0 spiro atoms. The highest BCUT2D eigenvalue weighted by molar-refractivity contribution is 7.12. The second-order valence-electron chi connectivity index (χ2n) is 13.0. The number of carbonyl (C=O) groups excluding carboxylic acids is 3. The summed E-state index contributed by atoms with van der Waals surface area (Å²) in [5.74, 6) is -0.343. The van der Waals surface area contributed by atoms with E-state index in [1.807, 2.05) is 58.8 Å². The summed E-state index contributed by atoms with van der Waals surface area (Å²) >= 11 is 1.45. The van der Waals surface area contributed by atoms with Crippen LogP contribution in [0.2, 0.25) is 0 Å². The van der Waals surface area contributed by atoms with E-state index >= 15 is 0 Å². The lowest BCUT2D eigenvalue weighted by Crippen LogP contribution is -2.49. The van der Waals surface area contributed by atoms with Crippen molar-refractivity contribution in [2.45, 2.75) is 33.3 Å². The minimum atomic E-state index is -1.31. The van der Waals surface area contributed by atoms with Crippen molar-refractivity contribution in [3.05, 3.63) is 95.1 Å². The van der Waals surface area contributed by atoms with Crippen LogP contribution in [0.5, 0.6) is 11.5 Å². The van der Waals surface area contributed by atoms with E-state index in [-0.39, 0.29) is 17.7 Å². The number of aliphatic carboxylic acids is 1. The molecule has 0 saturated carbocycles. The Hall–Kier alpha value is -5.50. The lowest BCUT2D eigenvalue weighted by molar-refractivity contribution is -0.217. The highest BCUT2D eigenvalue weighted by atomic mass is 32.1. The average molecular weight is 733 g/mol. The van der Waals surface area contributed by atoms with Gasteiger partial charge in [0.05, 0.1) is 22.7 Å². The maximum absolute atomic E-state index is 12.5. The number of carbonyl (C=O) groups is 4.